The van der Waals surface area contributed by atoms with Crippen molar-refractivity contribution in [2.45, 2.75) is 54.0 Å². The van der Waals surface area contributed by atoms with Crippen LogP contribution in [0.3, 0.4) is 0 Å². The van der Waals surface area contributed by atoms with E-state index in [1.54, 1.807) is 29.8 Å². The first-order valence-electron chi connectivity index (χ1n) is 9.40. The topological polar surface area (TPSA) is 55.2 Å². The first kappa shape index (κ1) is 21.4. The maximum absolute atomic E-state index is 13.1. The zero-order chi connectivity index (χ0) is 20.5. The Morgan fingerprint density at radius 2 is 1.89 bits per heavy atom. The summed E-state index contributed by atoms with van der Waals surface area (Å²) in [6.45, 7) is 12.6. The van der Waals surface area contributed by atoms with Gasteiger partial charge in [0.1, 0.15) is 5.82 Å². The van der Waals surface area contributed by atoms with Crippen LogP contribution in [0.2, 0.25) is 5.02 Å². The van der Waals surface area contributed by atoms with Gasteiger partial charge in [0.2, 0.25) is 5.91 Å². The molecule has 1 atom stereocenters. The maximum atomic E-state index is 13.1. The number of hydrogen-bond donors (Lipinski definition) is 0. The maximum Gasteiger partial charge on any atom is 0.261 e. The van der Waals surface area contributed by atoms with Crippen LogP contribution in [-0.2, 0) is 11.8 Å². The molecule has 6 heteroatoms. The number of rotatable bonds is 5. The van der Waals surface area contributed by atoms with E-state index in [-0.39, 0.29) is 17.5 Å². The molecule has 0 radical (unpaired) electrons. The summed E-state index contributed by atoms with van der Waals surface area (Å²) in [7, 11) is 1.71. The molecule has 148 valence electrons. The second kappa shape index (κ2) is 8.01. The number of nitrogens with zero attached hydrogens (tertiary/aromatic N) is 3. The zero-order valence-corrected chi connectivity index (χ0v) is 18.1. The van der Waals surface area contributed by atoms with Gasteiger partial charge in [-0.25, -0.2) is 4.98 Å². The number of hydrogen-bond acceptors (Lipinski definition) is 3. The predicted molar refractivity (Wildman–Crippen MR) is 111 cm³/mol. The van der Waals surface area contributed by atoms with E-state index < -0.39 is 5.41 Å². The fraction of sp³-hybridized carbons (Fsp3) is 0.571. The average Bonchev–Trinajstić information content (AvgIpc) is 2.56. The van der Waals surface area contributed by atoms with Crippen LogP contribution in [0.5, 0.6) is 0 Å². The molecule has 1 aromatic heterocycles. The Hall–Kier alpha value is -1.88. The van der Waals surface area contributed by atoms with Crippen molar-refractivity contribution in [3.05, 3.63) is 39.4 Å². The molecule has 0 aliphatic rings. The van der Waals surface area contributed by atoms with Crippen LogP contribution in [0.1, 0.15) is 59.8 Å². The lowest BCUT2D eigenvalue weighted by Crippen LogP contribution is -2.43. The van der Waals surface area contributed by atoms with Crippen molar-refractivity contribution in [1.82, 2.24) is 14.5 Å². The van der Waals surface area contributed by atoms with Gasteiger partial charge in [0.05, 0.1) is 16.9 Å². The van der Waals surface area contributed by atoms with Crippen molar-refractivity contribution in [3.63, 3.8) is 0 Å². The summed E-state index contributed by atoms with van der Waals surface area (Å²) in [6.07, 6.45) is 0.888. The van der Waals surface area contributed by atoms with Crippen molar-refractivity contribution in [2.75, 3.05) is 6.54 Å². The van der Waals surface area contributed by atoms with Crippen LogP contribution in [0.15, 0.2) is 23.0 Å². The lowest BCUT2D eigenvalue weighted by Gasteiger charge is -2.35. The van der Waals surface area contributed by atoms with E-state index in [0.717, 1.165) is 6.42 Å². The second-order valence-electron chi connectivity index (χ2n) is 8.60. The molecule has 0 saturated carbocycles. The van der Waals surface area contributed by atoms with Gasteiger partial charge in [0, 0.05) is 24.0 Å². The number of carbonyl (C=O) groups is 1. The molecule has 1 unspecified atom stereocenters. The van der Waals surface area contributed by atoms with Gasteiger partial charge < -0.3 is 4.90 Å². The number of amides is 1. The van der Waals surface area contributed by atoms with Crippen LogP contribution in [-0.4, -0.2) is 26.9 Å². The Kier molecular flexibility index (Phi) is 6.35. The largest absolute Gasteiger partial charge is 0.332 e. The average molecular weight is 392 g/mol. The standard InChI is InChI=1S/C21H30ClN3O2/c1-13(2)10-11-25(20(27)21(4,5)6)14(3)18-23-17-12-15(22)8-9-16(17)19(26)24(18)7/h8-9,12-14H,10-11H2,1-7H3. The third kappa shape index (κ3) is 4.70. The van der Waals surface area contributed by atoms with E-state index in [0.29, 0.717) is 34.2 Å². The molecule has 0 N–H and O–H groups in total. The molecule has 2 aromatic rings. The molecule has 0 aliphatic heterocycles. The summed E-state index contributed by atoms with van der Waals surface area (Å²) in [5.41, 5.74) is -0.0884. The molecule has 0 aliphatic carbocycles. The first-order valence-corrected chi connectivity index (χ1v) is 9.78. The van der Waals surface area contributed by atoms with Gasteiger partial charge in [-0.1, -0.05) is 46.2 Å². The van der Waals surface area contributed by atoms with Crippen molar-refractivity contribution in [1.29, 1.82) is 0 Å². The third-order valence-corrected chi connectivity index (χ3v) is 5.00. The summed E-state index contributed by atoms with van der Waals surface area (Å²) in [4.78, 5) is 32.4. The lowest BCUT2D eigenvalue weighted by atomic mass is 9.93. The fourth-order valence-electron chi connectivity index (χ4n) is 3.07. The minimum absolute atomic E-state index is 0.0519. The number of fused-ring (bicyclic) bond motifs is 1. The monoisotopic (exact) mass is 391 g/mol. The molecule has 2 rings (SSSR count). The molecule has 27 heavy (non-hydrogen) atoms. The van der Waals surface area contributed by atoms with Crippen molar-refractivity contribution < 1.29 is 4.79 Å². The highest BCUT2D eigenvalue weighted by molar-refractivity contribution is 6.31. The number of halogens is 1. The van der Waals surface area contributed by atoms with Crippen molar-refractivity contribution in [3.8, 4) is 0 Å². The Morgan fingerprint density at radius 1 is 1.26 bits per heavy atom. The smallest absolute Gasteiger partial charge is 0.261 e. The molecule has 0 saturated heterocycles. The highest BCUT2D eigenvalue weighted by Gasteiger charge is 2.32. The van der Waals surface area contributed by atoms with Gasteiger partial charge in [0.25, 0.3) is 5.56 Å². The zero-order valence-electron chi connectivity index (χ0n) is 17.3. The number of carbonyl (C=O) groups excluding carboxylic acids is 1. The summed E-state index contributed by atoms with van der Waals surface area (Å²) in [5.74, 6) is 1.09. The van der Waals surface area contributed by atoms with Crippen LogP contribution in [0.25, 0.3) is 10.9 Å². The molecule has 0 spiro atoms. The van der Waals surface area contributed by atoms with Crippen LogP contribution >= 0.6 is 11.6 Å². The molecule has 1 heterocycles. The molecule has 5 nitrogen and oxygen atoms in total. The minimum Gasteiger partial charge on any atom is -0.332 e. The van der Waals surface area contributed by atoms with E-state index in [2.05, 4.69) is 13.8 Å². The SMILES string of the molecule is CC(C)CCN(C(=O)C(C)(C)C)C(C)c1nc2cc(Cl)ccc2c(=O)n1C. The molecule has 0 bridgehead atoms. The Balaban J connectivity index is 2.56. The minimum atomic E-state index is -0.510. The predicted octanol–water partition coefficient (Wildman–Crippen LogP) is 4.57. The summed E-state index contributed by atoms with van der Waals surface area (Å²) in [5, 5.41) is 1.05. The number of benzene rings is 1. The normalized spacial score (nSPS) is 13.2. The van der Waals surface area contributed by atoms with Gasteiger partial charge in [-0.15, -0.1) is 0 Å². The van der Waals surface area contributed by atoms with Crippen LogP contribution in [0, 0.1) is 11.3 Å². The molecule has 1 amide bonds. The quantitative estimate of drug-likeness (QED) is 0.750. The fourth-order valence-corrected chi connectivity index (χ4v) is 3.24. The van der Waals surface area contributed by atoms with E-state index in [1.165, 1.54) is 0 Å². The van der Waals surface area contributed by atoms with Gasteiger partial charge in [-0.2, -0.15) is 0 Å². The van der Waals surface area contributed by atoms with Crippen LogP contribution in [0.4, 0.5) is 0 Å². The van der Waals surface area contributed by atoms with Crippen LogP contribution < -0.4 is 5.56 Å². The Bertz CT molecular complexity index is 897. The van der Waals surface area contributed by atoms with Gasteiger partial charge in [-0.05, 0) is 37.5 Å². The van der Waals surface area contributed by atoms with Gasteiger partial charge in [-0.3, -0.25) is 14.2 Å². The Labute approximate surface area is 166 Å². The molecular weight excluding hydrogens is 362 g/mol. The molecule has 1 aromatic carbocycles. The van der Waals surface area contributed by atoms with E-state index >= 15 is 0 Å². The van der Waals surface area contributed by atoms with E-state index in [4.69, 9.17) is 16.6 Å². The molecular formula is C21H30ClN3O2. The molecule has 0 fully saturated rings. The number of aromatic nitrogens is 2. The second-order valence-corrected chi connectivity index (χ2v) is 9.04. The van der Waals surface area contributed by atoms with Crippen molar-refractivity contribution in [2.24, 2.45) is 18.4 Å². The highest BCUT2D eigenvalue weighted by atomic mass is 35.5. The third-order valence-electron chi connectivity index (χ3n) is 4.76. The van der Waals surface area contributed by atoms with Crippen molar-refractivity contribution >= 4 is 28.4 Å². The summed E-state index contributed by atoms with van der Waals surface area (Å²) >= 11 is 6.09. The van der Waals surface area contributed by atoms with Gasteiger partial charge in [0.15, 0.2) is 0 Å². The highest BCUT2D eigenvalue weighted by Crippen LogP contribution is 2.27. The lowest BCUT2D eigenvalue weighted by molar-refractivity contribution is -0.142. The first-order chi connectivity index (χ1) is 12.4. The van der Waals surface area contributed by atoms with E-state index in [1.807, 2.05) is 32.6 Å². The Morgan fingerprint density at radius 3 is 2.44 bits per heavy atom. The summed E-state index contributed by atoms with van der Waals surface area (Å²) in [6, 6.07) is 4.75. The van der Waals surface area contributed by atoms with Gasteiger partial charge >= 0.3 is 0 Å². The summed E-state index contributed by atoms with van der Waals surface area (Å²) < 4.78 is 1.54. The van der Waals surface area contributed by atoms with E-state index in [9.17, 15) is 9.59 Å².